The third-order valence-corrected chi connectivity index (χ3v) is 7.02. The molecule has 160 valence electrons. The van der Waals surface area contributed by atoms with Gasteiger partial charge in [0.05, 0.1) is 5.92 Å². The van der Waals surface area contributed by atoms with Crippen LogP contribution in [0.1, 0.15) is 41.8 Å². The molecule has 0 aromatic heterocycles. The van der Waals surface area contributed by atoms with Crippen LogP contribution in [0.2, 0.25) is 0 Å². The first-order valence-electron chi connectivity index (χ1n) is 10.3. The molecule has 3 rings (SSSR count). The summed E-state index contributed by atoms with van der Waals surface area (Å²) in [6.45, 7) is 6.96. The molecule has 0 bridgehead atoms. The normalized spacial score (nSPS) is 23.0. The number of halogens is 1. The van der Waals surface area contributed by atoms with Crippen molar-refractivity contribution in [1.29, 1.82) is 0 Å². The lowest BCUT2D eigenvalue weighted by molar-refractivity contribution is -0.136. The molecule has 1 aliphatic heterocycles. The van der Waals surface area contributed by atoms with Gasteiger partial charge in [-0.15, -0.1) is 0 Å². The summed E-state index contributed by atoms with van der Waals surface area (Å²) in [5.41, 5.74) is 8.28. The lowest BCUT2D eigenvalue weighted by Crippen LogP contribution is -2.49. The van der Waals surface area contributed by atoms with Crippen LogP contribution in [0.4, 0.5) is 0 Å². The highest BCUT2D eigenvalue weighted by Gasteiger charge is 2.39. The van der Waals surface area contributed by atoms with E-state index in [4.69, 9.17) is 8.80 Å². The van der Waals surface area contributed by atoms with Crippen LogP contribution in [0.3, 0.4) is 0 Å². The van der Waals surface area contributed by atoms with E-state index in [0.29, 0.717) is 24.4 Å². The highest BCUT2D eigenvalue weighted by Crippen LogP contribution is 2.39. The first-order chi connectivity index (χ1) is 14.3. The molecule has 2 N–H and O–H groups in total. The molecule has 6 heteroatoms. The topological polar surface area (TPSA) is 72.6 Å². The minimum atomic E-state index is -0.397. The van der Waals surface area contributed by atoms with Gasteiger partial charge in [0.15, 0.2) is 23.0 Å². The fraction of sp³-hybridized carbons (Fsp3) is 0.417. The average Bonchev–Trinajstić information content (AvgIpc) is 2.76. The predicted octanol–water partition coefficient (Wildman–Crippen LogP) is 4.14. The molecule has 1 fully saturated rings. The number of carbonyl (C=O) groups is 2. The van der Waals surface area contributed by atoms with Gasteiger partial charge in [0.2, 0.25) is 5.91 Å². The van der Waals surface area contributed by atoms with E-state index in [2.05, 4.69) is 36.9 Å². The maximum Gasteiger partial charge on any atom is 0.319 e. The van der Waals surface area contributed by atoms with Crippen molar-refractivity contribution in [2.75, 3.05) is 19.6 Å². The largest absolute Gasteiger partial charge is 0.394 e. The standard InChI is InChI=1S/C24H29IN2O3/c1-17-15-27(16-20(23(29)30-25)13-18-7-4-3-5-8-18)12-11-24(17,2)21-10-6-9-19(14-21)22(26)28/h3-10,14,17,20H,11-13,15-16H2,1-2H3,(H2,26,28)/t17-,20-,24+/m0/s1. The van der Waals surface area contributed by atoms with Crippen LogP contribution in [-0.2, 0) is 19.7 Å². The van der Waals surface area contributed by atoms with Gasteiger partial charge in [-0.3, -0.25) is 9.59 Å². The van der Waals surface area contributed by atoms with Gasteiger partial charge in [-0.25, -0.2) is 0 Å². The lowest BCUT2D eigenvalue weighted by atomic mass is 9.67. The fourth-order valence-corrected chi connectivity index (χ4v) is 4.79. The number of carbonyl (C=O) groups excluding carboxylic acids is 2. The summed E-state index contributed by atoms with van der Waals surface area (Å²) in [6, 6.07) is 17.8. The Morgan fingerprint density at radius 1 is 1.23 bits per heavy atom. The summed E-state index contributed by atoms with van der Waals surface area (Å²) >= 11 is 1.69. The summed E-state index contributed by atoms with van der Waals surface area (Å²) in [4.78, 5) is 26.4. The van der Waals surface area contributed by atoms with E-state index in [1.807, 2.05) is 30.3 Å². The van der Waals surface area contributed by atoms with Gasteiger partial charge in [-0.05, 0) is 54.0 Å². The van der Waals surface area contributed by atoms with Gasteiger partial charge in [-0.2, -0.15) is 0 Å². The molecule has 3 atom stereocenters. The van der Waals surface area contributed by atoms with E-state index in [9.17, 15) is 9.59 Å². The summed E-state index contributed by atoms with van der Waals surface area (Å²) in [5, 5.41) is 0. The van der Waals surface area contributed by atoms with E-state index in [-0.39, 0.29) is 17.3 Å². The van der Waals surface area contributed by atoms with Crippen LogP contribution in [0, 0.1) is 11.8 Å². The van der Waals surface area contributed by atoms with Crippen molar-refractivity contribution < 1.29 is 12.7 Å². The van der Waals surface area contributed by atoms with Gasteiger partial charge in [0, 0.05) is 18.7 Å². The monoisotopic (exact) mass is 520 g/mol. The Labute approximate surface area is 192 Å². The van der Waals surface area contributed by atoms with E-state index in [0.717, 1.165) is 30.6 Å². The maximum absolute atomic E-state index is 12.4. The summed E-state index contributed by atoms with van der Waals surface area (Å²) in [5.74, 6) is -0.400. The number of nitrogens with zero attached hydrogens (tertiary/aromatic N) is 1. The zero-order chi connectivity index (χ0) is 21.7. The summed E-state index contributed by atoms with van der Waals surface area (Å²) in [6.07, 6.45) is 1.62. The quantitative estimate of drug-likeness (QED) is 0.558. The van der Waals surface area contributed by atoms with Crippen molar-refractivity contribution in [2.45, 2.75) is 32.1 Å². The zero-order valence-electron chi connectivity index (χ0n) is 17.5. The minimum absolute atomic E-state index is 0.0410. The molecule has 0 aliphatic carbocycles. The second-order valence-electron chi connectivity index (χ2n) is 8.56. The highest BCUT2D eigenvalue weighted by molar-refractivity contribution is 14.1. The van der Waals surface area contributed by atoms with Crippen molar-refractivity contribution in [2.24, 2.45) is 17.6 Å². The Morgan fingerprint density at radius 3 is 2.60 bits per heavy atom. The molecule has 0 saturated carbocycles. The van der Waals surface area contributed by atoms with Gasteiger partial charge < -0.3 is 13.7 Å². The van der Waals surface area contributed by atoms with E-state index < -0.39 is 5.91 Å². The van der Waals surface area contributed by atoms with Crippen LogP contribution in [0.15, 0.2) is 54.6 Å². The van der Waals surface area contributed by atoms with E-state index in [1.54, 1.807) is 29.1 Å². The second kappa shape index (κ2) is 9.92. The maximum atomic E-state index is 12.4. The fourth-order valence-electron chi connectivity index (χ4n) is 4.43. The molecule has 0 spiro atoms. The number of primary amides is 1. The summed E-state index contributed by atoms with van der Waals surface area (Å²) in [7, 11) is 0. The van der Waals surface area contributed by atoms with Crippen molar-refractivity contribution in [3.8, 4) is 0 Å². The Balaban J connectivity index is 1.71. The molecule has 30 heavy (non-hydrogen) atoms. The molecule has 2 aromatic rings. The number of piperidine rings is 1. The van der Waals surface area contributed by atoms with E-state index >= 15 is 0 Å². The molecule has 0 unspecified atom stereocenters. The third kappa shape index (κ3) is 5.21. The summed E-state index contributed by atoms with van der Waals surface area (Å²) < 4.78 is 5.06. The Kier molecular flexibility index (Phi) is 7.52. The number of rotatable bonds is 7. The van der Waals surface area contributed by atoms with Crippen LogP contribution in [-0.4, -0.2) is 36.4 Å². The van der Waals surface area contributed by atoms with Gasteiger partial charge in [0.25, 0.3) is 0 Å². The molecule has 1 aliphatic rings. The van der Waals surface area contributed by atoms with Crippen LogP contribution in [0.25, 0.3) is 0 Å². The van der Waals surface area contributed by atoms with Gasteiger partial charge in [-0.1, -0.05) is 56.3 Å². The molecule has 5 nitrogen and oxygen atoms in total. The second-order valence-corrected chi connectivity index (χ2v) is 9.00. The van der Waals surface area contributed by atoms with Crippen molar-refractivity contribution in [3.63, 3.8) is 0 Å². The Bertz CT molecular complexity index is 889. The van der Waals surface area contributed by atoms with Crippen LogP contribution in [0.5, 0.6) is 0 Å². The van der Waals surface area contributed by atoms with Crippen molar-refractivity contribution >= 4 is 34.9 Å². The third-order valence-electron chi connectivity index (χ3n) is 6.59. The predicted molar refractivity (Wildman–Crippen MR) is 126 cm³/mol. The highest BCUT2D eigenvalue weighted by atomic mass is 127. The average molecular weight is 520 g/mol. The van der Waals surface area contributed by atoms with Gasteiger partial charge >= 0.3 is 5.97 Å². The van der Waals surface area contributed by atoms with Crippen LogP contribution >= 0.6 is 23.0 Å². The van der Waals surface area contributed by atoms with E-state index in [1.165, 1.54) is 0 Å². The first kappa shape index (κ1) is 22.7. The lowest BCUT2D eigenvalue weighted by Gasteiger charge is -2.45. The number of hydrogen-bond acceptors (Lipinski definition) is 4. The number of nitrogens with two attached hydrogens (primary N) is 1. The number of likely N-dealkylation sites (tertiary alicyclic amines) is 1. The Hall–Kier alpha value is -1.93. The van der Waals surface area contributed by atoms with Gasteiger partial charge in [0.1, 0.15) is 0 Å². The SMILES string of the molecule is C[C@H]1CN(C[C@H](Cc2ccccc2)C(=O)OI)CC[C@@]1(C)c1cccc(C(N)=O)c1. The number of benzene rings is 2. The number of amides is 1. The minimum Gasteiger partial charge on any atom is -0.394 e. The zero-order valence-corrected chi connectivity index (χ0v) is 19.7. The molecule has 1 heterocycles. The molecule has 0 radical (unpaired) electrons. The van der Waals surface area contributed by atoms with Crippen molar-refractivity contribution in [3.05, 3.63) is 71.3 Å². The number of hydrogen-bond donors (Lipinski definition) is 1. The molecule has 2 aromatic carbocycles. The molecular weight excluding hydrogens is 491 g/mol. The first-order valence-corrected chi connectivity index (χ1v) is 11.2. The Morgan fingerprint density at radius 2 is 1.97 bits per heavy atom. The molecule has 1 amide bonds. The molecule has 1 saturated heterocycles. The van der Waals surface area contributed by atoms with Crippen molar-refractivity contribution in [1.82, 2.24) is 4.90 Å². The van der Waals surface area contributed by atoms with Crippen LogP contribution < -0.4 is 5.73 Å². The molecular formula is C24H29IN2O3. The smallest absolute Gasteiger partial charge is 0.319 e.